The van der Waals surface area contributed by atoms with Crippen molar-refractivity contribution in [3.63, 3.8) is 0 Å². The SMILES string of the molecule is Nc1ccc(F)cc1NS(=O)(=O)c1c(Cl)cc(Cl)cc1Cl. The zero-order valence-electron chi connectivity index (χ0n) is 10.2. The number of hydrogen-bond donors (Lipinski definition) is 2. The van der Waals surface area contributed by atoms with E-state index >= 15 is 0 Å². The van der Waals surface area contributed by atoms with Gasteiger partial charge in [-0.15, -0.1) is 0 Å². The van der Waals surface area contributed by atoms with E-state index < -0.39 is 15.8 Å². The lowest BCUT2D eigenvalue weighted by molar-refractivity contribution is 0.601. The topological polar surface area (TPSA) is 72.2 Å². The third-order valence-electron chi connectivity index (χ3n) is 2.49. The number of nitrogens with two attached hydrogens (primary N) is 1. The Morgan fingerprint density at radius 2 is 1.62 bits per heavy atom. The molecule has 0 spiro atoms. The summed E-state index contributed by atoms with van der Waals surface area (Å²) in [4.78, 5) is -0.362. The highest BCUT2D eigenvalue weighted by Crippen LogP contribution is 2.34. The maximum Gasteiger partial charge on any atom is 0.264 e. The number of hydrogen-bond acceptors (Lipinski definition) is 3. The number of sulfonamides is 1. The summed E-state index contributed by atoms with van der Waals surface area (Å²) in [5, 5.41) is -0.126. The molecule has 0 saturated heterocycles. The summed E-state index contributed by atoms with van der Waals surface area (Å²) in [6.07, 6.45) is 0. The average molecular weight is 370 g/mol. The van der Waals surface area contributed by atoms with E-state index in [2.05, 4.69) is 4.72 Å². The van der Waals surface area contributed by atoms with Crippen molar-refractivity contribution >= 4 is 56.2 Å². The van der Waals surface area contributed by atoms with Gasteiger partial charge in [-0.05, 0) is 24.3 Å². The van der Waals surface area contributed by atoms with E-state index in [1.165, 1.54) is 18.2 Å². The molecule has 0 heterocycles. The molecule has 2 aromatic rings. The van der Waals surface area contributed by atoms with Crippen LogP contribution in [0.3, 0.4) is 0 Å². The van der Waals surface area contributed by atoms with E-state index in [0.29, 0.717) is 0 Å². The van der Waals surface area contributed by atoms with Crippen LogP contribution >= 0.6 is 34.8 Å². The zero-order valence-corrected chi connectivity index (χ0v) is 13.3. The predicted molar refractivity (Wildman–Crippen MR) is 83.1 cm³/mol. The molecule has 0 unspecified atom stereocenters. The van der Waals surface area contributed by atoms with Gasteiger partial charge in [0.2, 0.25) is 0 Å². The van der Waals surface area contributed by atoms with Crippen molar-refractivity contribution in [3.8, 4) is 0 Å². The maximum atomic E-state index is 13.2. The van der Waals surface area contributed by atoms with Gasteiger partial charge in [0, 0.05) is 11.1 Å². The summed E-state index contributed by atoms with van der Waals surface area (Å²) >= 11 is 17.5. The van der Waals surface area contributed by atoms with Gasteiger partial charge in [0.1, 0.15) is 10.7 Å². The molecule has 0 fully saturated rings. The van der Waals surface area contributed by atoms with Gasteiger partial charge in [0.05, 0.1) is 21.4 Å². The lowest BCUT2D eigenvalue weighted by atomic mass is 10.3. The Hall–Kier alpha value is -1.21. The molecular weight excluding hydrogens is 362 g/mol. The van der Waals surface area contributed by atoms with E-state index in [4.69, 9.17) is 40.5 Å². The number of benzene rings is 2. The summed E-state index contributed by atoms with van der Waals surface area (Å²) in [5.74, 6) is -0.643. The molecule has 21 heavy (non-hydrogen) atoms. The molecule has 0 radical (unpaired) electrons. The van der Waals surface area contributed by atoms with Crippen molar-refractivity contribution < 1.29 is 12.8 Å². The Morgan fingerprint density at radius 3 is 2.19 bits per heavy atom. The van der Waals surface area contributed by atoms with Crippen LogP contribution in [0.1, 0.15) is 0 Å². The minimum atomic E-state index is -4.15. The van der Waals surface area contributed by atoms with Crippen LogP contribution in [0.4, 0.5) is 15.8 Å². The molecule has 112 valence electrons. The largest absolute Gasteiger partial charge is 0.397 e. The fourth-order valence-electron chi connectivity index (χ4n) is 1.60. The Bertz CT molecular complexity index is 789. The van der Waals surface area contributed by atoms with Gasteiger partial charge in [0.25, 0.3) is 10.0 Å². The van der Waals surface area contributed by atoms with Crippen LogP contribution in [-0.4, -0.2) is 8.42 Å². The predicted octanol–water partition coefficient (Wildman–Crippen LogP) is 4.17. The molecule has 0 amide bonds. The van der Waals surface area contributed by atoms with Crippen molar-refractivity contribution in [2.24, 2.45) is 0 Å². The van der Waals surface area contributed by atoms with Crippen molar-refractivity contribution in [3.05, 3.63) is 51.2 Å². The summed E-state index contributed by atoms with van der Waals surface area (Å²) in [6, 6.07) is 5.76. The Morgan fingerprint density at radius 1 is 1.05 bits per heavy atom. The van der Waals surface area contributed by atoms with Crippen LogP contribution in [0.5, 0.6) is 0 Å². The second-order valence-electron chi connectivity index (χ2n) is 4.04. The summed E-state index contributed by atoms with van der Waals surface area (Å²) in [7, 11) is -4.15. The number of rotatable bonds is 3. The lowest BCUT2D eigenvalue weighted by Gasteiger charge is -2.13. The van der Waals surface area contributed by atoms with Gasteiger partial charge < -0.3 is 5.73 Å². The van der Waals surface area contributed by atoms with Gasteiger partial charge in [-0.3, -0.25) is 4.72 Å². The molecule has 0 saturated carbocycles. The second kappa shape index (κ2) is 5.88. The van der Waals surface area contributed by atoms with Gasteiger partial charge in [0.15, 0.2) is 0 Å². The molecule has 4 nitrogen and oxygen atoms in total. The quantitative estimate of drug-likeness (QED) is 0.798. The molecule has 2 aromatic carbocycles. The van der Waals surface area contributed by atoms with Crippen molar-refractivity contribution in [2.45, 2.75) is 4.90 Å². The smallest absolute Gasteiger partial charge is 0.264 e. The van der Waals surface area contributed by atoms with E-state index in [0.717, 1.165) is 12.1 Å². The number of nitrogen functional groups attached to an aromatic ring is 1. The van der Waals surface area contributed by atoms with Crippen LogP contribution in [-0.2, 0) is 10.0 Å². The second-order valence-corrected chi connectivity index (χ2v) is 6.91. The van der Waals surface area contributed by atoms with E-state index in [-0.39, 0.29) is 31.3 Å². The normalized spacial score (nSPS) is 11.4. The molecular formula is C12H8Cl3FN2O2S. The standard InChI is InChI=1S/C12H8Cl3FN2O2S/c13-6-3-8(14)12(9(15)4-6)21(19,20)18-11-5-7(16)1-2-10(11)17/h1-5,18H,17H2. The average Bonchev–Trinajstić information content (AvgIpc) is 2.31. The van der Waals surface area contributed by atoms with Gasteiger partial charge in [-0.1, -0.05) is 34.8 Å². The van der Waals surface area contributed by atoms with Crippen LogP contribution in [0.25, 0.3) is 0 Å². The van der Waals surface area contributed by atoms with Crippen molar-refractivity contribution in [1.29, 1.82) is 0 Å². The van der Waals surface area contributed by atoms with Crippen LogP contribution in [0.2, 0.25) is 15.1 Å². The van der Waals surface area contributed by atoms with Crippen molar-refractivity contribution in [1.82, 2.24) is 0 Å². The third kappa shape index (κ3) is 3.52. The molecule has 3 N–H and O–H groups in total. The van der Waals surface area contributed by atoms with Gasteiger partial charge in [-0.25, -0.2) is 12.8 Å². The van der Waals surface area contributed by atoms with Gasteiger partial charge >= 0.3 is 0 Å². The minimum absolute atomic E-state index is 0.0567. The summed E-state index contributed by atoms with van der Waals surface area (Å²) < 4.78 is 40.0. The molecule has 0 aliphatic rings. The van der Waals surface area contributed by atoms with E-state index in [9.17, 15) is 12.8 Å². The summed E-state index contributed by atoms with van der Waals surface area (Å²) in [6.45, 7) is 0. The molecule has 2 rings (SSSR count). The van der Waals surface area contributed by atoms with Crippen LogP contribution in [0.15, 0.2) is 35.2 Å². The monoisotopic (exact) mass is 368 g/mol. The highest BCUT2D eigenvalue weighted by molar-refractivity contribution is 7.93. The highest BCUT2D eigenvalue weighted by atomic mass is 35.5. The van der Waals surface area contributed by atoms with Crippen molar-refractivity contribution in [2.75, 3.05) is 10.5 Å². The number of anilines is 2. The van der Waals surface area contributed by atoms with E-state index in [1.807, 2.05) is 0 Å². The molecule has 0 bridgehead atoms. The molecule has 0 aliphatic heterocycles. The zero-order chi connectivity index (χ0) is 15.8. The minimum Gasteiger partial charge on any atom is -0.397 e. The first kappa shape index (κ1) is 16.2. The number of nitrogens with one attached hydrogen (secondary N) is 1. The fourth-order valence-corrected chi connectivity index (χ4v) is 4.22. The Kier molecular flexibility index (Phi) is 4.53. The first-order valence-corrected chi connectivity index (χ1v) is 8.05. The molecule has 0 aromatic heterocycles. The highest BCUT2D eigenvalue weighted by Gasteiger charge is 2.23. The first-order valence-electron chi connectivity index (χ1n) is 5.43. The van der Waals surface area contributed by atoms with Gasteiger partial charge in [-0.2, -0.15) is 0 Å². The Labute approximate surface area is 135 Å². The number of halogens is 4. The van der Waals surface area contributed by atoms with Crippen LogP contribution in [0, 0.1) is 5.82 Å². The molecule has 9 heteroatoms. The molecule has 0 atom stereocenters. The maximum absolute atomic E-state index is 13.2. The fraction of sp³-hybridized carbons (Fsp3) is 0. The first-order chi connectivity index (χ1) is 9.70. The van der Waals surface area contributed by atoms with Crippen LogP contribution < -0.4 is 10.5 Å². The summed E-state index contributed by atoms with van der Waals surface area (Å²) in [5.41, 5.74) is 5.54. The Balaban J connectivity index is 2.51. The molecule has 0 aliphatic carbocycles. The van der Waals surface area contributed by atoms with E-state index in [1.54, 1.807) is 0 Å². The third-order valence-corrected chi connectivity index (χ3v) is 5.00. The lowest BCUT2D eigenvalue weighted by Crippen LogP contribution is -2.15.